The van der Waals surface area contributed by atoms with Crippen molar-refractivity contribution < 1.29 is 9.18 Å². The van der Waals surface area contributed by atoms with Crippen LogP contribution in [0.5, 0.6) is 0 Å². The van der Waals surface area contributed by atoms with Crippen LogP contribution in [0.25, 0.3) is 0 Å². The molecule has 2 aliphatic rings. The summed E-state index contributed by atoms with van der Waals surface area (Å²) in [6.07, 6.45) is 1.96. The molecule has 0 radical (unpaired) electrons. The Morgan fingerprint density at radius 1 is 1.20 bits per heavy atom. The van der Waals surface area contributed by atoms with E-state index in [-0.39, 0.29) is 17.1 Å². The average Bonchev–Trinajstić information content (AvgIpc) is 3.40. The molecule has 25 heavy (non-hydrogen) atoms. The molecule has 1 amide bonds. The third-order valence-electron chi connectivity index (χ3n) is 5.19. The number of amides is 1. The molecule has 5 nitrogen and oxygen atoms in total. The lowest BCUT2D eigenvalue weighted by Gasteiger charge is -2.36. The van der Waals surface area contributed by atoms with Gasteiger partial charge >= 0.3 is 0 Å². The molecule has 1 aliphatic heterocycles. The normalized spacial score (nSPS) is 19.7. The molecule has 1 saturated heterocycles. The molecule has 0 bridgehead atoms. The van der Waals surface area contributed by atoms with Gasteiger partial charge in [-0.15, -0.1) is 0 Å². The van der Waals surface area contributed by atoms with Gasteiger partial charge in [0, 0.05) is 45.1 Å². The summed E-state index contributed by atoms with van der Waals surface area (Å²) in [5, 5.41) is 3.34. The van der Waals surface area contributed by atoms with Crippen molar-refractivity contribution in [1.29, 1.82) is 0 Å². The van der Waals surface area contributed by atoms with Gasteiger partial charge in [-0.3, -0.25) is 9.79 Å². The lowest BCUT2D eigenvalue weighted by Crippen LogP contribution is -2.53. The molecule has 0 atom stereocenters. The number of carbonyl (C=O) groups excluding carboxylic acids is 1. The van der Waals surface area contributed by atoms with Gasteiger partial charge in [0.05, 0.1) is 6.54 Å². The van der Waals surface area contributed by atoms with Crippen molar-refractivity contribution in [2.45, 2.75) is 32.1 Å². The molecule has 0 spiro atoms. The predicted octanol–water partition coefficient (Wildman–Crippen LogP) is 1.99. The second-order valence-electron chi connectivity index (χ2n) is 6.92. The monoisotopic (exact) mass is 346 g/mol. The molecule has 2 fully saturated rings. The Labute approximate surface area is 148 Å². The fraction of sp³-hybridized carbons (Fsp3) is 0.579. The maximum atomic E-state index is 14.2. The van der Waals surface area contributed by atoms with Crippen LogP contribution in [-0.2, 0) is 10.2 Å². The molecule has 1 aliphatic carbocycles. The molecule has 0 aromatic heterocycles. The first kappa shape index (κ1) is 17.7. The highest BCUT2D eigenvalue weighted by molar-refractivity contribution is 5.80. The standard InChI is InChI=1S/C19H27FN4O/c1-3-21-18(24-12-10-23(11-13-24)15(2)25)22-14-19(8-9-19)16-6-4-5-7-17(16)20/h4-7H,3,8-14H2,1-2H3,(H,21,22). The van der Waals surface area contributed by atoms with Crippen molar-refractivity contribution in [1.82, 2.24) is 15.1 Å². The summed E-state index contributed by atoms with van der Waals surface area (Å²) < 4.78 is 14.2. The first-order chi connectivity index (χ1) is 12.1. The first-order valence-corrected chi connectivity index (χ1v) is 9.09. The molecule has 1 heterocycles. The molecule has 0 unspecified atom stereocenters. The van der Waals surface area contributed by atoms with Crippen LogP contribution >= 0.6 is 0 Å². The van der Waals surface area contributed by atoms with Crippen LogP contribution in [0.1, 0.15) is 32.3 Å². The van der Waals surface area contributed by atoms with E-state index in [4.69, 9.17) is 4.99 Å². The summed E-state index contributed by atoms with van der Waals surface area (Å²) in [7, 11) is 0. The maximum Gasteiger partial charge on any atom is 0.219 e. The van der Waals surface area contributed by atoms with Gasteiger partial charge in [0.15, 0.2) is 5.96 Å². The number of halogens is 1. The fourth-order valence-electron chi connectivity index (χ4n) is 3.44. The lowest BCUT2D eigenvalue weighted by molar-refractivity contribution is -0.130. The molecule has 136 valence electrons. The van der Waals surface area contributed by atoms with E-state index in [2.05, 4.69) is 10.2 Å². The Bertz CT molecular complexity index is 649. The number of nitrogens with zero attached hydrogens (tertiary/aromatic N) is 3. The zero-order valence-corrected chi connectivity index (χ0v) is 15.1. The summed E-state index contributed by atoms with van der Waals surface area (Å²) in [5.41, 5.74) is 0.642. The zero-order chi connectivity index (χ0) is 17.9. The van der Waals surface area contributed by atoms with Crippen molar-refractivity contribution in [3.05, 3.63) is 35.6 Å². The molecular weight excluding hydrogens is 319 g/mol. The van der Waals surface area contributed by atoms with E-state index in [1.165, 1.54) is 6.07 Å². The van der Waals surface area contributed by atoms with Gasteiger partial charge in [-0.1, -0.05) is 18.2 Å². The van der Waals surface area contributed by atoms with Gasteiger partial charge in [-0.25, -0.2) is 4.39 Å². The first-order valence-electron chi connectivity index (χ1n) is 9.09. The van der Waals surface area contributed by atoms with Gasteiger partial charge in [-0.05, 0) is 31.4 Å². The highest BCUT2D eigenvalue weighted by Gasteiger charge is 2.46. The van der Waals surface area contributed by atoms with E-state index in [9.17, 15) is 9.18 Å². The number of guanidine groups is 1. The number of aliphatic imine (C=N–C) groups is 1. The summed E-state index contributed by atoms with van der Waals surface area (Å²) >= 11 is 0. The Kier molecular flexibility index (Phi) is 5.25. The van der Waals surface area contributed by atoms with Gasteiger partial charge < -0.3 is 15.1 Å². The van der Waals surface area contributed by atoms with Crippen LogP contribution in [0.3, 0.4) is 0 Å². The molecular formula is C19H27FN4O. The minimum absolute atomic E-state index is 0.123. The highest BCUT2D eigenvalue weighted by atomic mass is 19.1. The maximum absolute atomic E-state index is 14.2. The minimum atomic E-state index is -0.146. The Hall–Kier alpha value is -2.11. The molecule has 1 saturated carbocycles. The number of benzene rings is 1. The van der Waals surface area contributed by atoms with Crippen LogP contribution in [-0.4, -0.2) is 60.9 Å². The van der Waals surface area contributed by atoms with E-state index in [1.54, 1.807) is 13.0 Å². The number of rotatable bonds is 4. The molecule has 6 heteroatoms. The summed E-state index contributed by atoms with van der Waals surface area (Å²) in [6.45, 7) is 8.04. The Morgan fingerprint density at radius 2 is 1.84 bits per heavy atom. The fourth-order valence-corrected chi connectivity index (χ4v) is 3.44. The van der Waals surface area contributed by atoms with Crippen LogP contribution in [0.15, 0.2) is 29.3 Å². The Morgan fingerprint density at radius 3 is 2.40 bits per heavy atom. The van der Waals surface area contributed by atoms with Crippen molar-refractivity contribution in [2.75, 3.05) is 39.3 Å². The number of nitrogens with one attached hydrogen (secondary N) is 1. The van der Waals surface area contributed by atoms with Crippen molar-refractivity contribution in [3.8, 4) is 0 Å². The van der Waals surface area contributed by atoms with Crippen LogP contribution in [0.4, 0.5) is 4.39 Å². The number of hydrogen-bond donors (Lipinski definition) is 1. The zero-order valence-electron chi connectivity index (χ0n) is 15.1. The SMILES string of the molecule is CCNC(=NCC1(c2ccccc2F)CC1)N1CCN(C(C)=O)CC1. The van der Waals surface area contributed by atoms with Gasteiger partial charge in [0.1, 0.15) is 5.82 Å². The van der Waals surface area contributed by atoms with Gasteiger partial charge in [-0.2, -0.15) is 0 Å². The van der Waals surface area contributed by atoms with Crippen LogP contribution in [0.2, 0.25) is 0 Å². The van der Waals surface area contributed by atoms with Crippen LogP contribution < -0.4 is 5.32 Å². The van der Waals surface area contributed by atoms with Crippen LogP contribution in [0, 0.1) is 5.82 Å². The van der Waals surface area contributed by atoms with Gasteiger partial charge in [0.2, 0.25) is 5.91 Å². The number of carbonyl (C=O) groups is 1. The topological polar surface area (TPSA) is 47.9 Å². The minimum Gasteiger partial charge on any atom is -0.357 e. The third-order valence-corrected chi connectivity index (χ3v) is 5.19. The largest absolute Gasteiger partial charge is 0.357 e. The second kappa shape index (κ2) is 7.42. The summed E-state index contributed by atoms with van der Waals surface area (Å²) in [6, 6.07) is 7.05. The second-order valence-corrected chi connectivity index (χ2v) is 6.92. The lowest BCUT2D eigenvalue weighted by atomic mass is 9.95. The molecule has 1 N–H and O–H groups in total. The third kappa shape index (κ3) is 3.94. The van der Waals surface area contributed by atoms with Crippen molar-refractivity contribution in [2.24, 2.45) is 4.99 Å². The predicted molar refractivity (Wildman–Crippen MR) is 97.1 cm³/mol. The van der Waals surface area contributed by atoms with E-state index in [1.807, 2.05) is 24.0 Å². The molecule has 1 aromatic carbocycles. The van der Waals surface area contributed by atoms with E-state index in [0.717, 1.165) is 57.1 Å². The molecule has 3 rings (SSSR count). The van der Waals surface area contributed by atoms with Gasteiger partial charge in [0.25, 0.3) is 0 Å². The van der Waals surface area contributed by atoms with E-state index >= 15 is 0 Å². The summed E-state index contributed by atoms with van der Waals surface area (Å²) in [5.74, 6) is 0.863. The van der Waals surface area contributed by atoms with E-state index < -0.39 is 0 Å². The summed E-state index contributed by atoms with van der Waals surface area (Å²) in [4.78, 5) is 20.4. The smallest absolute Gasteiger partial charge is 0.219 e. The molecule has 1 aromatic rings. The highest BCUT2D eigenvalue weighted by Crippen LogP contribution is 2.49. The van der Waals surface area contributed by atoms with E-state index in [0.29, 0.717) is 6.54 Å². The quantitative estimate of drug-likeness (QED) is 0.670. The number of hydrogen-bond acceptors (Lipinski definition) is 2. The van der Waals surface area contributed by atoms with Crippen molar-refractivity contribution in [3.63, 3.8) is 0 Å². The average molecular weight is 346 g/mol. The number of piperazine rings is 1. The van der Waals surface area contributed by atoms with Crippen molar-refractivity contribution >= 4 is 11.9 Å². The Balaban J connectivity index is 1.69.